The standard InChI is InChI=1S/C12H25N3O/c1-6-15(7-8-16-5)10-12(4,9-13)14-11(2)3/h11,14H,6-8,10H2,1-5H3. The molecule has 0 aliphatic heterocycles. The lowest BCUT2D eigenvalue weighted by Crippen LogP contribution is -2.53. The molecule has 0 aromatic carbocycles. The van der Waals surface area contributed by atoms with Crippen molar-refractivity contribution >= 4 is 0 Å². The summed E-state index contributed by atoms with van der Waals surface area (Å²) in [6, 6.07) is 2.67. The average molecular weight is 227 g/mol. The molecule has 0 saturated heterocycles. The maximum absolute atomic E-state index is 9.23. The van der Waals surface area contributed by atoms with E-state index in [0.717, 1.165) is 19.6 Å². The highest BCUT2D eigenvalue weighted by Gasteiger charge is 2.26. The SMILES string of the molecule is CCN(CCOC)CC(C)(C#N)NC(C)C. The van der Waals surface area contributed by atoms with Crippen LogP contribution in [-0.4, -0.2) is 49.8 Å². The lowest BCUT2D eigenvalue weighted by Gasteiger charge is -2.32. The molecule has 1 atom stereocenters. The number of hydrogen-bond donors (Lipinski definition) is 1. The zero-order valence-corrected chi connectivity index (χ0v) is 11.2. The molecule has 0 radical (unpaired) electrons. The van der Waals surface area contributed by atoms with Gasteiger partial charge in [-0.3, -0.25) is 10.2 Å². The zero-order valence-electron chi connectivity index (χ0n) is 11.2. The first-order valence-corrected chi connectivity index (χ1v) is 5.87. The molecule has 0 heterocycles. The molecular formula is C12H25N3O. The van der Waals surface area contributed by atoms with Crippen molar-refractivity contribution in [2.75, 3.05) is 33.4 Å². The molecule has 1 N–H and O–H groups in total. The number of likely N-dealkylation sites (N-methyl/N-ethyl adjacent to an activating group) is 1. The van der Waals surface area contributed by atoms with Crippen molar-refractivity contribution in [1.29, 1.82) is 5.26 Å². The fraction of sp³-hybridized carbons (Fsp3) is 0.917. The molecule has 0 aromatic rings. The van der Waals surface area contributed by atoms with E-state index in [4.69, 9.17) is 4.74 Å². The Hall–Kier alpha value is -0.630. The maximum atomic E-state index is 9.23. The van der Waals surface area contributed by atoms with Crippen molar-refractivity contribution in [1.82, 2.24) is 10.2 Å². The topological polar surface area (TPSA) is 48.3 Å². The van der Waals surface area contributed by atoms with Crippen molar-refractivity contribution in [3.63, 3.8) is 0 Å². The van der Waals surface area contributed by atoms with Crippen molar-refractivity contribution in [3.05, 3.63) is 0 Å². The number of ether oxygens (including phenoxy) is 1. The van der Waals surface area contributed by atoms with Crippen molar-refractivity contribution in [2.24, 2.45) is 0 Å². The lowest BCUT2D eigenvalue weighted by molar-refractivity contribution is 0.136. The van der Waals surface area contributed by atoms with E-state index >= 15 is 0 Å². The van der Waals surface area contributed by atoms with Crippen LogP contribution in [0.1, 0.15) is 27.7 Å². The van der Waals surface area contributed by atoms with Gasteiger partial charge in [-0.1, -0.05) is 6.92 Å². The van der Waals surface area contributed by atoms with E-state index in [0.29, 0.717) is 12.6 Å². The summed E-state index contributed by atoms with van der Waals surface area (Å²) in [5.41, 5.74) is -0.488. The number of hydrogen-bond acceptors (Lipinski definition) is 4. The lowest BCUT2D eigenvalue weighted by atomic mass is 10.0. The van der Waals surface area contributed by atoms with Crippen LogP contribution in [0, 0.1) is 11.3 Å². The summed E-state index contributed by atoms with van der Waals surface area (Å²) in [6.45, 7) is 11.4. The van der Waals surface area contributed by atoms with Gasteiger partial charge in [0, 0.05) is 26.2 Å². The highest BCUT2D eigenvalue weighted by atomic mass is 16.5. The maximum Gasteiger partial charge on any atom is 0.116 e. The zero-order chi connectivity index (χ0) is 12.6. The molecule has 0 spiro atoms. The van der Waals surface area contributed by atoms with Crippen LogP contribution >= 0.6 is 0 Å². The summed E-state index contributed by atoms with van der Waals surface area (Å²) in [7, 11) is 1.70. The number of rotatable bonds is 8. The molecule has 0 amide bonds. The van der Waals surface area contributed by atoms with E-state index < -0.39 is 5.54 Å². The third-order valence-corrected chi connectivity index (χ3v) is 2.45. The summed E-state index contributed by atoms with van der Waals surface area (Å²) < 4.78 is 5.06. The van der Waals surface area contributed by atoms with Gasteiger partial charge in [-0.15, -0.1) is 0 Å². The highest BCUT2D eigenvalue weighted by Crippen LogP contribution is 2.07. The Morgan fingerprint density at radius 1 is 1.50 bits per heavy atom. The molecule has 1 unspecified atom stereocenters. The van der Waals surface area contributed by atoms with Gasteiger partial charge in [0.1, 0.15) is 5.54 Å². The van der Waals surface area contributed by atoms with Crippen LogP contribution in [0.3, 0.4) is 0 Å². The molecule has 0 rings (SSSR count). The molecule has 0 fully saturated rings. The predicted molar refractivity (Wildman–Crippen MR) is 66.3 cm³/mol. The second kappa shape index (κ2) is 7.61. The minimum absolute atomic E-state index is 0.311. The van der Waals surface area contributed by atoms with Crippen molar-refractivity contribution < 1.29 is 4.74 Å². The fourth-order valence-electron chi connectivity index (χ4n) is 1.77. The van der Waals surface area contributed by atoms with Crippen LogP contribution in [0.2, 0.25) is 0 Å². The van der Waals surface area contributed by atoms with Crippen molar-refractivity contribution in [3.8, 4) is 6.07 Å². The minimum Gasteiger partial charge on any atom is -0.383 e. The summed E-state index contributed by atoms with van der Waals surface area (Å²) in [4.78, 5) is 2.22. The Balaban J connectivity index is 4.31. The van der Waals surface area contributed by atoms with Crippen LogP contribution in [-0.2, 0) is 4.74 Å². The molecule has 0 aromatic heterocycles. The highest BCUT2D eigenvalue weighted by molar-refractivity contribution is 5.06. The second-order valence-corrected chi connectivity index (χ2v) is 4.60. The van der Waals surface area contributed by atoms with E-state index in [1.54, 1.807) is 7.11 Å². The number of nitrogens with one attached hydrogen (secondary N) is 1. The van der Waals surface area contributed by atoms with Gasteiger partial charge in [0.15, 0.2) is 0 Å². The summed E-state index contributed by atoms with van der Waals surface area (Å²) in [6.07, 6.45) is 0. The summed E-state index contributed by atoms with van der Waals surface area (Å²) in [5, 5.41) is 12.5. The summed E-state index contributed by atoms with van der Waals surface area (Å²) >= 11 is 0. The molecule has 4 heteroatoms. The molecule has 0 aliphatic carbocycles. The van der Waals surface area contributed by atoms with Crippen LogP contribution in [0.15, 0.2) is 0 Å². The molecule has 4 nitrogen and oxygen atoms in total. The van der Waals surface area contributed by atoms with Crippen LogP contribution in [0.4, 0.5) is 0 Å². The van der Waals surface area contributed by atoms with E-state index in [1.807, 2.05) is 6.92 Å². The van der Waals surface area contributed by atoms with Gasteiger partial charge in [-0.05, 0) is 27.3 Å². The third kappa shape index (κ3) is 6.06. The van der Waals surface area contributed by atoms with Crippen LogP contribution in [0.25, 0.3) is 0 Å². The average Bonchev–Trinajstić information content (AvgIpc) is 2.23. The largest absolute Gasteiger partial charge is 0.383 e. The van der Waals surface area contributed by atoms with E-state index in [2.05, 4.69) is 37.1 Å². The van der Waals surface area contributed by atoms with Gasteiger partial charge in [0.25, 0.3) is 0 Å². The van der Waals surface area contributed by atoms with Gasteiger partial charge in [0.2, 0.25) is 0 Å². The molecule has 94 valence electrons. The van der Waals surface area contributed by atoms with E-state index in [-0.39, 0.29) is 0 Å². The Morgan fingerprint density at radius 3 is 2.50 bits per heavy atom. The van der Waals surface area contributed by atoms with Crippen molar-refractivity contribution in [2.45, 2.75) is 39.3 Å². The molecule has 0 aliphatic rings. The second-order valence-electron chi connectivity index (χ2n) is 4.60. The molecular weight excluding hydrogens is 202 g/mol. The monoisotopic (exact) mass is 227 g/mol. The molecule has 0 saturated carbocycles. The quantitative estimate of drug-likeness (QED) is 0.677. The third-order valence-electron chi connectivity index (χ3n) is 2.45. The minimum atomic E-state index is -0.488. The Bertz CT molecular complexity index is 225. The van der Waals surface area contributed by atoms with Crippen LogP contribution < -0.4 is 5.32 Å². The van der Waals surface area contributed by atoms with Gasteiger partial charge in [-0.25, -0.2) is 0 Å². The Labute approximate surface area is 99.6 Å². The number of nitrogens with zero attached hydrogens (tertiary/aromatic N) is 2. The predicted octanol–water partition coefficient (Wildman–Crippen LogP) is 1.23. The van der Waals surface area contributed by atoms with E-state index in [9.17, 15) is 5.26 Å². The first kappa shape index (κ1) is 15.4. The molecule has 16 heavy (non-hydrogen) atoms. The van der Waals surface area contributed by atoms with Gasteiger partial charge in [0.05, 0.1) is 12.7 Å². The normalized spacial score (nSPS) is 15.1. The summed E-state index contributed by atoms with van der Waals surface area (Å²) in [5.74, 6) is 0. The molecule has 0 bridgehead atoms. The fourth-order valence-corrected chi connectivity index (χ4v) is 1.77. The van der Waals surface area contributed by atoms with Gasteiger partial charge < -0.3 is 4.74 Å². The first-order chi connectivity index (χ1) is 7.47. The van der Waals surface area contributed by atoms with Gasteiger partial charge in [-0.2, -0.15) is 5.26 Å². The Kier molecular flexibility index (Phi) is 7.31. The Morgan fingerprint density at radius 2 is 2.12 bits per heavy atom. The smallest absolute Gasteiger partial charge is 0.116 e. The van der Waals surface area contributed by atoms with Crippen LogP contribution in [0.5, 0.6) is 0 Å². The first-order valence-electron chi connectivity index (χ1n) is 5.87. The number of methoxy groups -OCH3 is 1. The van der Waals surface area contributed by atoms with E-state index in [1.165, 1.54) is 0 Å². The number of nitriles is 1. The van der Waals surface area contributed by atoms with Gasteiger partial charge >= 0.3 is 0 Å².